The van der Waals surface area contributed by atoms with Crippen LogP contribution in [0.1, 0.15) is 316 Å². The maximum absolute atomic E-state index is 12.4. The first kappa shape index (κ1) is 63.3. The second-order valence-corrected chi connectivity index (χ2v) is 20.0. The zero-order valence-corrected chi connectivity index (χ0v) is 43.7. The van der Waals surface area contributed by atoms with Crippen LogP contribution in [0.25, 0.3) is 0 Å². The van der Waals surface area contributed by atoms with Crippen molar-refractivity contribution in [3.05, 3.63) is 24.3 Å². The van der Waals surface area contributed by atoms with E-state index in [2.05, 4.69) is 31.3 Å². The summed E-state index contributed by atoms with van der Waals surface area (Å²) in [6.45, 7) is 4.88. The zero-order valence-electron chi connectivity index (χ0n) is 43.7. The van der Waals surface area contributed by atoms with Gasteiger partial charge in [-0.15, -0.1) is 0 Å². The van der Waals surface area contributed by atoms with Gasteiger partial charge in [0, 0.05) is 12.8 Å². The lowest BCUT2D eigenvalue weighted by molar-refractivity contribution is -0.143. The summed E-state index contributed by atoms with van der Waals surface area (Å²) in [6, 6.07) is -0.625. The Bertz CT molecular complexity index is 1010. The standard InChI is InChI=1S/C59H113NO5/c1-3-5-7-9-11-13-14-15-16-23-27-30-33-37-41-45-49-53-59(64)65-54-50-46-42-38-34-31-28-25-22-20-18-17-19-21-24-26-29-32-36-40-44-48-52-58(63)60-56(55-61)57(62)51-47-43-39-35-12-10-8-6-4-2/h15-16,47,51,56-57,61-62H,3-14,17-46,48-50,52-55H2,1-2H3,(H,60,63)/b16-15-,51-47+. The minimum Gasteiger partial charge on any atom is -0.466 e. The molecule has 0 aromatic rings. The van der Waals surface area contributed by atoms with E-state index in [-0.39, 0.29) is 18.5 Å². The molecule has 0 saturated heterocycles. The molecule has 0 aliphatic carbocycles. The molecule has 0 fully saturated rings. The van der Waals surface area contributed by atoms with Crippen LogP contribution in [-0.4, -0.2) is 47.4 Å². The Labute approximate surface area is 405 Å². The summed E-state index contributed by atoms with van der Waals surface area (Å²) in [4.78, 5) is 24.4. The number of ether oxygens (including phenoxy) is 1. The van der Waals surface area contributed by atoms with Gasteiger partial charge in [0.2, 0.25) is 5.91 Å². The van der Waals surface area contributed by atoms with Gasteiger partial charge in [0.15, 0.2) is 0 Å². The Morgan fingerprint density at radius 3 is 1.09 bits per heavy atom. The normalized spacial score (nSPS) is 12.7. The van der Waals surface area contributed by atoms with E-state index in [1.807, 2.05) is 6.08 Å². The Hall–Kier alpha value is -1.66. The van der Waals surface area contributed by atoms with Crippen LogP contribution in [0, 0.1) is 0 Å². The first-order valence-electron chi connectivity index (χ1n) is 29.1. The third-order valence-electron chi connectivity index (χ3n) is 13.5. The van der Waals surface area contributed by atoms with Crippen LogP contribution in [0.15, 0.2) is 24.3 Å². The van der Waals surface area contributed by atoms with Crippen LogP contribution in [0.3, 0.4) is 0 Å². The van der Waals surface area contributed by atoms with E-state index in [0.717, 1.165) is 44.9 Å². The second-order valence-electron chi connectivity index (χ2n) is 20.0. The Balaban J connectivity index is 3.35. The molecule has 0 aromatic carbocycles. The fourth-order valence-corrected chi connectivity index (χ4v) is 8.98. The van der Waals surface area contributed by atoms with Gasteiger partial charge in [0.1, 0.15) is 0 Å². The van der Waals surface area contributed by atoms with E-state index in [4.69, 9.17) is 4.74 Å². The topological polar surface area (TPSA) is 95.9 Å². The van der Waals surface area contributed by atoms with Crippen LogP contribution in [0.4, 0.5) is 0 Å². The van der Waals surface area contributed by atoms with Gasteiger partial charge in [-0.05, 0) is 57.8 Å². The molecule has 2 atom stereocenters. The highest BCUT2D eigenvalue weighted by molar-refractivity contribution is 5.76. The average Bonchev–Trinajstić information content (AvgIpc) is 3.31. The van der Waals surface area contributed by atoms with Crippen molar-refractivity contribution in [1.29, 1.82) is 0 Å². The molecule has 384 valence electrons. The number of nitrogens with one attached hydrogen (secondary N) is 1. The number of carbonyl (C=O) groups excluding carboxylic acids is 2. The Kier molecular flexibility index (Phi) is 53.5. The van der Waals surface area contributed by atoms with Crippen molar-refractivity contribution < 1.29 is 24.5 Å². The van der Waals surface area contributed by atoms with Crippen molar-refractivity contribution in [2.24, 2.45) is 0 Å². The quantitative estimate of drug-likeness (QED) is 0.0321. The van der Waals surface area contributed by atoms with Gasteiger partial charge in [-0.2, -0.15) is 0 Å². The first-order chi connectivity index (χ1) is 32.0. The van der Waals surface area contributed by atoms with Crippen molar-refractivity contribution >= 4 is 11.9 Å². The van der Waals surface area contributed by atoms with Crippen molar-refractivity contribution in [2.75, 3.05) is 13.2 Å². The lowest BCUT2D eigenvalue weighted by Gasteiger charge is -2.20. The van der Waals surface area contributed by atoms with E-state index in [0.29, 0.717) is 19.4 Å². The maximum Gasteiger partial charge on any atom is 0.305 e. The third-order valence-corrected chi connectivity index (χ3v) is 13.5. The third kappa shape index (κ3) is 51.6. The van der Waals surface area contributed by atoms with Crippen LogP contribution in [-0.2, 0) is 14.3 Å². The van der Waals surface area contributed by atoms with Crippen molar-refractivity contribution in [1.82, 2.24) is 5.32 Å². The van der Waals surface area contributed by atoms with Crippen LogP contribution in [0.2, 0.25) is 0 Å². The van der Waals surface area contributed by atoms with Crippen molar-refractivity contribution in [3.63, 3.8) is 0 Å². The van der Waals surface area contributed by atoms with Gasteiger partial charge < -0.3 is 20.3 Å². The molecule has 0 bridgehead atoms. The predicted molar refractivity (Wildman–Crippen MR) is 283 cm³/mol. The summed E-state index contributed by atoms with van der Waals surface area (Å²) in [5.41, 5.74) is 0. The highest BCUT2D eigenvalue weighted by atomic mass is 16.5. The van der Waals surface area contributed by atoms with Gasteiger partial charge >= 0.3 is 5.97 Å². The number of rotatable bonds is 54. The van der Waals surface area contributed by atoms with Gasteiger partial charge in [-0.25, -0.2) is 0 Å². The van der Waals surface area contributed by atoms with Crippen LogP contribution in [0.5, 0.6) is 0 Å². The molecular weight excluding hydrogens is 803 g/mol. The molecule has 6 heteroatoms. The molecule has 1 amide bonds. The zero-order chi connectivity index (χ0) is 47.2. The van der Waals surface area contributed by atoms with Crippen LogP contribution < -0.4 is 5.32 Å². The summed E-state index contributed by atoms with van der Waals surface area (Å²) in [5, 5.41) is 22.9. The maximum atomic E-state index is 12.4. The summed E-state index contributed by atoms with van der Waals surface area (Å²) < 4.78 is 5.49. The molecule has 0 aromatic heterocycles. The molecule has 0 radical (unpaired) electrons. The number of esters is 1. The number of aliphatic hydroxyl groups excluding tert-OH is 2. The molecule has 0 heterocycles. The average molecular weight is 917 g/mol. The van der Waals surface area contributed by atoms with Crippen LogP contribution >= 0.6 is 0 Å². The van der Waals surface area contributed by atoms with E-state index in [1.54, 1.807) is 6.08 Å². The van der Waals surface area contributed by atoms with Crippen molar-refractivity contribution in [2.45, 2.75) is 328 Å². The molecule has 0 rings (SSSR count). The molecular formula is C59H113NO5. The molecule has 3 N–H and O–H groups in total. The second kappa shape index (κ2) is 54.9. The summed E-state index contributed by atoms with van der Waals surface area (Å²) in [5.74, 6) is -0.0611. The molecule has 65 heavy (non-hydrogen) atoms. The van der Waals surface area contributed by atoms with E-state index in [9.17, 15) is 19.8 Å². The van der Waals surface area contributed by atoms with E-state index >= 15 is 0 Å². The fourth-order valence-electron chi connectivity index (χ4n) is 8.98. The lowest BCUT2D eigenvalue weighted by Crippen LogP contribution is -2.45. The number of unbranched alkanes of at least 4 members (excludes halogenated alkanes) is 41. The van der Waals surface area contributed by atoms with Gasteiger partial charge in [0.05, 0.1) is 25.4 Å². The number of carbonyl (C=O) groups is 2. The van der Waals surface area contributed by atoms with E-state index in [1.165, 1.54) is 244 Å². The highest BCUT2D eigenvalue weighted by Crippen LogP contribution is 2.17. The monoisotopic (exact) mass is 916 g/mol. The minimum absolute atomic E-state index is 0.00925. The lowest BCUT2D eigenvalue weighted by atomic mass is 10.0. The number of amides is 1. The van der Waals surface area contributed by atoms with Crippen molar-refractivity contribution in [3.8, 4) is 0 Å². The molecule has 0 aliphatic heterocycles. The molecule has 0 saturated carbocycles. The molecule has 6 nitrogen and oxygen atoms in total. The SMILES string of the molecule is CCCCCCCC/C=C\CCCCCCCCCC(=O)OCCCCCCCCCCCCCCCCCCCCCCCCC(=O)NC(CO)C(O)/C=C/CCCCCCCCC. The fraction of sp³-hybridized carbons (Fsp3) is 0.898. The summed E-state index contributed by atoms with van der Waals surface area (Å²) in [7, 11) is 0. The van der Waals surface area contributed by atoms with Gasteiger partial charge in [-0.3, -0.25) is 9.59 Å². The number of hydrogen-bond acceptors (Lipinski definition) is 5. The molecule has 0 spiro atoms. The van der Waals surface area contributed by atoms with Gasteiger partial charge in [0.25, 0.3) is 0 Å². The smallest absolute Gasteiger partial charge is 0.305 e. The molecule has 0 aliphatic rings. The Morgan fingerprint density at radius 2 is 0.723 bits per heavy atom. The number of allylic oxidation sites excluding steroid dienone is 3. The predicted octanol–water partition coefficient (Wildman–Crippen LogP) is 17.9. The van der Waals surface area contributed by atoms with Gasteiger partial charge in [-0.1, -0.05) is 269 Å². The minimum atomic E-state index is -0.842. The number of aliphatic hydroxyl groups is 2. The largest absolute Gasteiger partial charge is 0.466 e. The molecule has 2 unspecified atom stereocenters. The summed E-state index contributed by atoms with van der Waals surface area (Å²) in [6.07, 6.45) is 66.4. The van der Waals surface area contributed by atoms with E-state index < -0.39 is 12.1 Å². The Morgan fingerprint density at radius 1 is 0.415 bits per heavy atom. The summed E-state index contributed by atoms with van der Waals surface area (Å²) >= 11 is 0. The number of hydrogen-bond donors (Lipinski definition) is 3. The first-order valence-corrected chi connectivity index (χ1v) is 29.1. The highest BCUT2D eigenvalue weighted by Gasteiger charge is 2.18.